The van der Waals surface area contributed by atoms with Crippen LogP contribution in [0.2, 0.25) is 0 Å². The van der Waals surface area contributed by atoms with Crippen LogP contribution < -0.4 is 5.32 Å². The van der Waals surface area contributed by atoms with Crippen molar-refractivity contribution in [2.75, 3.05) is 26.3 Å². The highest BCUT2D eigenvalue weighted by atomic mass is 19.1. The first kappa shape index (κ1) is 29.8. The summed E-state index contributed by atoms with van der Waals surface area (Å²) in [7, 11) is 0. The van der Waals surface area contributed by atoms with Gasteiger partial charge in [0.2, 0.25) is 0 Å². The number of ether oxygens (including phenoxy) is 1. The van der Waals surface area contributed by atoms with Crippen molar-refractivity contribution in [3.8, 4) is 11.3 Å². The van der Waals surface area contributed by atoms with Crippen LogP contribution in [0.1, 0.15) is 43.6 Å². The first-order valence-electron chi connectivity index (χ1n) is 14.3. The molecule has 0 bridgehead atoms. The maximum absolute atomic E-state index is 15.0. The lowest BCUT2D eigenvalue weighted by Gasteiger charge is -2.40. The van der Waals surface area contributed by atoms with Crippen molar-refractivity contribution >= 4 is 11.9 Å². The molecule has 11 heteroatoms. The highest BCUT2D eigenvalue weighted by molar-refractivity contribution is 5.81. The largest absolute Gasteiger partial charge is 0.480 e. The van der Waals surface area contributed by atoms with E-state index < -0.39 is 41.7 Å². The molecule has 2 aliphatic rings. The van der Waals surface area contributed by atoms with Crippen LogP contribution in [0.4, 0.5) is 8.78 Å². The van der Waals surface area contributed by atoms with Gasteiger partial charge in [0.15, 0.2) is 0 Å². The summed E-state index contributed by atoms with van der Waals surface area (Å²) >= 11 is 0. The number of carboxylic acid groups (broad SMARTS) is 1. The predicted octanol–water partition coefficient (Wildman–Crippen LogP) is 3.62. The van der Waals surface area contributed by atoms with Crippen LogP contribution in [0.15, 0.2) is 54.7 Å². The van der Waals surface area contributed by atoms with E-state index in [-0.39, 0.29) is 29.6 Å². The third-order valence-electron chi connectivity index (χ3n) is 8.14. The van der Waals surface area contributed by atoms with Crippen LogP contribution in [0, 0.1) is 23.5 Å². The number of benzene rings is 2. The summed E-state index contributed by atoms with van der Waals surface area (Å²) < 4.78 is 36.7. The number of nitrogens with zero attached hydrogens (tertiary/aromatic N) is 3. The van der Waals surface area contributed by atoms with Crippen molar-refractivity contribution in [2.24, 2.45) is 11.8 Å². The van der Waals surface area contributed by atoms with Gasteiger partial charge in [0.1, 0.15) is 29.6 Å². The monoisotopic (exact) mass is 582 g/mol. The zero-order valence-corrected chi connectivity index (χ0v) is 23.5. The van der Waals surface area contributed by atoms with Crippen LogP contribution >= 0.6 is 0 Å². The third-order valence-corrected chi connectivity index (χ3v) is 8.14. The van der Waals surface area contributed by atoms with Gasteiger partial charge in [-0.05, 0) is 61.8 Å². The van der Waals surface area contributed by atoms with Gasteiger partial charge in [-0.3, -0.25) is 9.59 Å². The van der Waals surface area contributed by atoms with E-state index in [9.17, 15) is 28.6 Å². The van der Waals surface area contributed by atoms with Crippen molar-refractivity contribution in [3.63, 3.8) is 0 Å². The molecule has 0 spiro atoms. The van der Waals surface area contributed by atoms with Gasteiger partial charge in [0.05, 0.1) is 11.7 Å². The fourth-order valence-corrected chi connectivity index (χ4v) is 6.03. The van der Waals surface area contributed by atoms with Crippen LogP contribution in [0.5, 0.6) is 0 Å². The summed E-state index contributed by atoms with van der Waals surface area (Å²) in [6, 6.07) is 11.5. The van der Waals surface area contributed by atoms with E-state index in [2.05, 4.69) is 5.32 Å². The Labute approximate surface area is 243 Å². The number of hydrogen-bond acceptors (Lipinski definition) is 6. The molecule has 0 aliphatic carbocycles. The SMILES string of the molecule is CC(O)C(=O)N(CC1CNC(C(=O)O)C1)C(c1nc(-c2cc(F)ccc2F)cn1Cc1ccccc1)C1CCOCC1. The Bertz CT molecular complexity index is 1390. The van der Waals surface area contributed by atoms with Crippen LogP contribution in [0.25, 0.3) is 11.3 Å². The first-order valence-corrected chi connectivity index (χ1v) is 14.3. The number of aliphatic hydroxyl groups excluding tert-OH is 1. The lowest BCUT2D eigenvalue weighted by molar-refractivity contribution is -0.145. The van der Waals surface area contributed by atoms with Gasteiger partial charge in [0, 0.05) is 44.6 Å². The molecule has 3 aromatic rings. The van der Waals surface area contributed by atoms with Crippen molar-refractivity contribution in [1.29, 1.82) is 0 Å². The summed E-state index contributed by atoms with van der Waals surface area (Å²) in [6.07, 6.45) is 1.94. The molecule has 5 rings (SSSR count). The number of halogens is 2. The number of aliphatic carboxylic acids is 1. The van der Waals surface area contributed by atoms with Gasteiger partial charge in [-0.1, -0.05) is 30.3 Å². The summed E-state index contributed by atoms with van der Waals surface area (Å²) in [4.78, 5) is 31.8. The smallest absolute Gasteiger partial charge is 0.320 e. The number of nitrogens with one attached hydrogen (secondary N) is 1. The quantitative estimate of drug-likeness (QED) is 0.334. The number of hydrogen-bond donors (Lipinski definition) is 3. The summed E-state index contributed by atoms with van der Waals surface area (Å²) in [6.45, 7) is 3.34. The fraction of sp³-hybridized carbons (Fsp3) is 0.452. The Morgan fingerprint density at radius 1 is 1.17 bits per heavy atom. The summed E-state index contributed by atoms with van der Waals surface area (Å²) in [5.41, 5.74) is 1.19. The summed E-state index contributed by atoms with van der Waals surface area (Å²) in [5.74, 6) is -2.46. The molecule has 3 heterocycles. The number of carboxylic acids is 1. The van der Waals surface area contributed by atoms with E-state index in [1.54, 1.807) is 11.1 Å². The highest BCUT2D eigenvalue weighted by Crippen LogP contribution is 2.38. The third kappa shape index (κ3) is 6.69. The Balaban J connectivity index is 1.63. The number of imidazole rings is 1. The standard InChI is InChI=1S/C31H36F2N4O5/c1-19(38)30(39)37(17-21-13-26(31(40)41)34-15-21)28(22-9-11-42-12-10-22)29-35-27(24-14-23(32)7-8-25(24)33)18-36(29)16-20-5-3-2-4-6-20/h2-8,14,18-19,21-22,26,28,34,38H,9-13,15-17H2,1H3,(H,40,41). The average molecular weight is 583 g/mol. The molecule has 2 aromatic carbocycles. The zero-order chi connectivity index (χ0) is 29.8. The van der Waals surface area contributed by atoms with Gasteiger partial charge >= 0.3 is 5.97 Å². The number of carbonyl (C=O) groups is 2. The molecule has 224 valence electrons. The number of carbonyl (C=O) groups excluding carboxylic acids is 1. The molecule has 42 heavy (non-hydrogen) atoms. The Morgan fingerprint density at radius 2 is 1.90 bits per heavy atom. The van der Waals surface area contributed by atoms with Gasteiger partial charge < -0.3 is 29.7 Å². The Kier molecular flexibility index (Phi) is 9.30. The van der Waals surface area contributed by atoms with Crippen molar-refractivity contribution < 1.29 is 33.3 Å². The van der Waals surface area contributed by atoms with Gasteiger partial charge in [-0.2, -0.15) is 0 Å². The molecule has 1 aromatic heterocycles. The molecule has 3 N–H and O–H groups in total. The number of rotatable bonds is 10. The van der Waals surface area contributed by atoms with Gasteiger partial charge in [0.25, 0.3) is 5.91 Å². The molecule has 0 radical (unpaired) electrons. The topological polar surface area (TPSA) is 117 Å². The Morgan fingerprint density at radius 3 is 2.57 bits per heavy atom. The van der Waals surface area contributed by atoms with Crippen molar-refractivity contribution in [2.45, 2.75) is 50.9 Å². The van der Waals surface area contributed by atoms with Crippen LogP contribution in [0.3, 0.4) is 0 Å². The second-order valence-electron chi connectivity index (χ2n) is 11.2. The van der Waals surface area contributed by atoms with Crippen molar-refractivity contribution in [1.82, 2.24) is 19.8 Å². The van der Waals surface area contributed by atoms with Crippen LogP contribution in [-0.2, 0) is 20.9 Å². The lowest BCUT2D eigenvalue weighted by atomic mass is 9.88. The minimum atomic E-state index is -1.31. The lowest BCUT2D eigenvalue weighted by Crippen LogP contribution is -2.47. The molecular formula is C31H36F2N4O5. The molecule has 0 saturated carbocycles. The molecule has 4 unspecified atom stereocenters. The molecular weight excluding hydrogens is 546 g/mol. The molecule has 2 aliphatic heterocycles. The normalized spacial score (nSPS) is 20.8. The van der Waals surface area contributed by atoms with Gasteiger partial charge in [-0.25, -0.2) is 13.8 Å². The Hall–Kier alpha value is -3.67. The average Bonchev–Trinajstić information content (AvgIpc) is 3.62. The fourth-order valence-electron chi connectivity index (χ4n) is 6.03. The zero-order valence-electron chi connectivity index (χ0n) is 23.5. The second kappa shape index (κ2) is 13.1. The number of aromatic nitrogens is 2. The van der Waals surface area contributed by atoms with Gasteiger partial charge in [-0.15, -0.1) is 0 Å². The van der Waals surface area contributed by atoms with Crippen LogP contribution in [-0.4, -0.2) is 75.0 Å². The van der Waals surface area contributed by atoms with E-state index >= 15 is 0 Å². The second-order valence-corrected chi connectivity index (χ2v) is 11.2. The highest BCUT2D eigenvalue weighted by Gasteiger charge is 2.40. The van der Waals surface area contributed by atoms with E-state index in [4.69, 9.17) is 9.72 Å². The summed E-state index contributed by atoms with van der Waals surface area (Å²) in [5, 5.41) is 23.0. The molecule has 4 atom stereocenters. The predicted molar refractivity (Wildman–Crippen MR) is 150 cm³/mol. The van der Waals surface area contributed by atoms with E-state index in [1.807, 2.05) is 34.9 Å². The minimum absolute atomic E-state index is 0.00600. The van der Waals surface area contributed by atoms with E-state index in [0.29, 0.717) is 51.4 Å². The van der Waals surface area contributed by atoms with E-state index in [0.717, 1.165) is 23.8 Å². The van der Waals surface area contributed by atoms with Crippen molar-refractivity contribution in [3.05, 3.63) is 77.8 Å². The molecule has 1 amide bonds. The number of amides is 1. The maximum Gasteiger partial charge on any atom is 0.320 e. The first-order chi connectivity index (χ1) is 20.2. The maximum atomic E-state index is 15.0. The number of aliphatic hydroxyl groups is 1. The molecule has 9 nitrogen and oxygen atoms in total. The van der Waals surface area contributed by atoms with E-state index in [1.165, 1.54) is 6.92 Å². The minimum Gasteiger partial charge on any atom is -0.480 e. The molecule has 2 fully saturated rings. The molecule has 2 saturated heterocycles.